The zero-order valence-corrected chi connectivity index (χ0v) is 12.5. The molecule has 0 atom stereocenters. The molecule has 1 aliphatic heterocycles. The molecule has 0 bridgehead atoms. The fourth-order valence-corrected chi connectivity index (χ4v) is 3.80. The first-order valence-electron chi connectivity index (χ1n) is 7.24. The van der Waals surface area contributed by atoms with Gasteiger partial charge in [-0.3, -0.25) is 4.79 Å². The van der Waals surface area contributed by atoms with Crippen LogP contribution in [0.15, 0.2) is 46.6 Å². The zero-order chi connectivity index (χ0) is 14.2. The lowest BCUT2D eigenvalue weighted by molar-refractivity contribution is 0.701. The molecule has 2 aromatic heterocycles. The van der Waals surface area contributed by atoms with Gasteiger partial charge in [0.15, 0.2) is 0 Å². The van der Waals surface area contributed by atoms with Crippen molar-refractivity contribution in [3.8, 4) is 0 Å². The van der Waals surface area contributed by atoms with Crippen LogP contribution in [-0.4, -0.2) is 11.1 Å². The van der Waals surface area contributed by atoms with Crippen molar-refractivity contribution in [2.45, 2.75) is 19.4 Å². The minimum atomic E-state index is 0.0879. The van der Waals surface area contributed by atoms with Crippen molar-refractivity contribution in [2.24, 2.45) is 0 Å². The molecule has 0 saturated heterocycles. The molecule has 0 saturated carbocycles. The molecule has 0 aliphatic carbocycles. The second-order valence-corrected chi connectivity index (χ2v) is 6.39. The summed E-state index contributed by atoms with van der Waals surface area (Å²) in [6, 6.07) is 12.0. The summed E-state index contributed by atoms with van der Waals surface area (Å²) in [6.07, 6.45) is 1.95. The van der Waals surface area contributed by atoms with Gasteiger partial charge in [-0.25, -0.2) is 0 Å². The van der Waals surface area contributed by atoms with E-state index in [4.69, 9.17) is 0 Å². The average molecular weight is 296 g/mol. The van der Waals surface area contributed by atoms with Crippen molar-refractivity contribution in [3.05, 3.63) is 62.6 Å². The third-order valence-corrected chi connectivity index (χ3v) is 5.07. The first-order valence-corrected chi connectivity index (χ1v) is 8.12. The molecule has 1 aliphatic rings. The topological polar surface area (TPSA) is 34.0 Å². The molecule has 4 heteroatoms. The Morgan fingerprint density at radius 3 is 3.00 bits per heavy atom. The smallest absolute Gasteiger partial charge is 0.251 e. The van der Waals surface area contributed by atoms with Crippen LogP contribution in [-0.2, 0) is 19.4 Å². The van der Waals surface area contributed by atoms with E-state index in [2.05, 4.69) is 35.0 Å². The molecular formula is C17H16N2OS. The Labute approximate surface area is 126 Å². The number of anilines is 1. The molecule has 0 fully saturated rings. The monoisotopic (exact) mass is 296 g/mol. The van der Waals surface area contributed by atoms with E-state index in [0.717, 1.165) is 31.4 Å². The number of nitrogens with zero attached hydrogens (tertiary/aromatic N) is 1. The molecular weight excluding hydrogens is 280 g/mol. The SMILES string of the molecule is O=c1ccc2c3c(ccc2n1CCc1cccs1)NCC3. The Morgan fingerprint density at radius 2 is 2.14 bits per heavy atom. The number of hydrogen-bond donors (Lipinski definition) is 1. The van der Waals surface area contributed by atoms with Gasteiger partial charge in [-0.05, 0) is 48.1 Å². The minimum Gasteiger partial charge on any atom is -0.384 e. The van der Waals surface area contributed by atoms with Crippen LogP contribution in [0.4, 0.5) is 5.69 Å². The van der Waals surface area contributed by atoms with Crippen molar-refractivity contribution in [1.82, 2.24) is 4.57 Å². The number of aromatic nitrogens is 1. The lowest BCUT2D eigenvalue weighted by Gasteiger charge is -2.12. The number of nitrogens with one attached hydrogen (secondary N) is 1. The Morgan fingerprint density at radius 1 is 1.19 bits per heavy atom. The van der Waals surface area contributed by atoms with Crippen molar-refractivity contribution in [3.63, 3.8) is 0 Å². The number of fused-ring (bicyclic) bond motifs is 3. The highest BCUT2D eigenvalue weighted by atomic mass is 32.1. The lowest BCUT2D eigenvalue weighted by atomic mass is 10.1. The van der Waals surface area contributed by atoms with E-state index < -0.39 is 0 Å². The van der Waals surface area contributed by atoms with Crippen molar-refractivity contribution in [1.29, 1.82) is 0 Å². The van der Waals surface area contributed by atoms with E-state index in [0.29, 0.717) is 0 Å². The highest BCUT2D eigenvalue weighted by Gasteiger charge is 2.15. The Hall–Kier alpha value is -2.07. The molecule has 106 valence electrons. The fourth-order valence-electron chi connectivity index (χ4n) is 3.10. The predicted molar refractivity (Wildman–Crippen MR) is 88.4 cm³/mol. The minimum absolute atomic E-state index is 0.0879. The number of aryl methyl sites for hydroxylation is 2. The summed E-state index contributed by atoms with van der Waals surface area (Å²) in [7, 11) is 0. The summed E-state index contributed by atoms with van der Waals surface area (Å²) >= 11 is 1.75. The van der Waals surface area contributed by atoms with Crippen LogP contribution in [0.1, 0.15) is 10.4 Å². The van der Waals surface area contributed by atoms with E-state index in [1.54, 1.807) is 17.4 Å². The van der Waals surface area contributed by atoms with Crippen molar-refractivity contribution < 1.29 is 0 Å². The van der Waals surface area contributed by atoms with E-state index in [9.17, 15) is 4.79 Å². The maximum Gasteiger partial charge on any atom is 0.251 e. The van der Waals surface area contributed by atoms with Crippen LogP contribution >= 0.6 is 11.3 Å². The first-order chi connectivity index (χ1) is 10.3. The van der Waals surface area contributed by atoms with Gasteiger partial charge >= 0.3 is 0 Å². The van der Waals surface area contributed by atoms with Crippen LogP contribution in [0.5, 0.6) is 0 Å². The molecule has 0 amide bonds. The summed E-state index contributed by atoms with van der Waals surface area (Å²) < 4.78 is 1.91. The van der Waals surface area contributed by atoms with Gasteiger partial charge in [-0.1, -0.05) is 6.07 Å². The second-order valence-electron chi connectivity index (χ2n) is 5.35. The van der Waals surface area contributed by atoms with Gasteiger partial charge in [0.05, 0.1) is 5.52 Å². The van der Waals surface area contributed by atoms with Crippen LogP contribution in [0.25, 0.3) is 10.9 Å². The van der Waals surface area contributed by atoms with E-state index in [1.165, 1.54) is 21.5 Å². The van der Waals surface area contributed by atoms with Crippen LogP contribution in [0.2, 0.25) is 0 Å². The molecule has 3 aromatic rings. The summed E-state index contributed by atoms with van der Waals surface area (Å²) in [5.41, 5.74) is 3.70. The maximum absolute atomic E-state index is 12.2. The normalized spacial score (nSPS) is 13.3. The van der Waals surface area contributed by atoms with Gasteiger partial charge in [0.25, 0.3) is 5.56 Å². The summed E-state index contributed by atoms with van der Waals surface area (Å²) in [4.78, 5) is 13.6. The fraction of sp³-hybridized carbons (Fsp3) is 0.235. The number of rotatable bonds is 3. The number of pyridine rings is 1. The van der Waals surface area contributed by atoms with Gasteiger partial charge in [0.2, 0.25) is 0 Å². The van der Waals surface area contributed by atoms with Gasteiger partial charge in [-0.15, -0.1) is 11.3 Å². The molecule has 0 radical (unpaired) electrons. The largest absolute Gasteiger partial charge is 0.384 e. The zero-order valence-electron chi connectivity index (χ0n) is 11.6. The molecule has 3 heterocycles. The second kappa shape index (κ2) is 5.04. The van der Waals surface area contributed by atoms with E-state index in [1.807, 2.05) is 10.6 Å². The highest BCUT2D eigenvalue weighted by Crippen LogP contribution is 2.29. The number of hydrogen-bond acceptors (Lipinski definition) is 3. The van der Waals surface area contributed by atoms with Gasteiger partial charge < -0.3 is 9.88 Å². The number of benzene rings is 1. The highest BCUT2D eigenvalue weighted by molar-refractivity contribution is 7.09. The quantitative estimate of drug-likeness (QED) is 0.805. The maximum atomic E-state index is 12.2. The average Bonchev–Trinajstić information content (AvgIpc) is 3.16. The van der Waals surface area contributed by atoms with Gasteiger partial charge in [-0.2, -0.15) is 0 Å². The predicted octanol–water partition coefficient (Wildman–Crippen LogP) is 3.27. The standard InChI is InChI=1S/C17H16N2OS/c20-17-6-3-14-13-7-9-18-15(13)4-5-16(14)19(17)10-8-12-2-1-11-21-12/h1-6,11,18H,7-10H2. The third-order valence-electron chi connectivity index (χ3n) is 4.14. The van der Waals surface area contributed by atoms with Crippen molar-refractivity contribution >= 4 is 27.9 Å². The molecule has 3 nitrogen and oxygen atoms in total. The Bertz CT molecular complexity index is 849. The first kappa shape index (κ1) is 12.7. The molecule has 1 aromatic carbocycles. The molecule has 21 heavy (non-hydrogen) atoms. The van der Waals surface area contributed by atoms with Crippen LogP contribution < -0.4 is 10.9 Å². The molecule has 4 rings (SSSR count). The van der Waals surface area contributed by atoms with Crippen molar-refractivity contribution in [2.75, 3.05) is 11.9 Å². The van der Waals surface area contributed by atoms with Gasteiger partial charge in [0.1, 0.15) is 0 Å². The molecule has 1 N–H and O–H groups in total. The van der Waals surface area contributed by atoms with Crippen LogP contribution in [0, 0.1) is 0 Å². The third kappa shape index (κ3) is 2.16. The lowest BCUT2D eigenvalue weighted by Crippen LogP contribution is -2.20. The summed E-state index contributed by atoms with van der Waals surface area (Å²) in [5.74, 6) is 0. The summed E-state index contributed by atoms with van der Waals surface area (Å²) in [5, 5.41) is 6.69. The Kier molecular flexibility index (Phi) is 3.04. The van der Waals surface area contributed by atoms with E-state index in [-0.39, 0.29) is 5.56 Å². The Balaban J connectivity index is 1.80. The number of thiophene rings is 1. The molecule has 0 spiro atoms. The van der Waals surface area contributed by atoms with Gasteiger partial charge in [0, 0.05) is 35.1 Å². The van der Waals surface area contributed by atoms with Crippen LogP contribution in [0.3, 0.4) is 0 Å². The van der Waals surface area contributed by atoms with E-state index >= 15 is 0 Å². The summed E-state index contributed by atoms with van der Waals surface area (Å²) in [6.45, 7) is 1.73. The molecule has 0 unspecified atom stereocenters.